The highest BCUT2D eigenvalue weighted by molar-refractivity contribution is 5.21. The van der Waals surface area contributed by atoms with E-state index in [-0.39, 0.29) is 6.61 Å². The Morgan fingerprint density at radius 1 is 1.11 bits per heavy atom. The zero-order valence-corrected chi connectivity index (χ0v) is 17.2. The van der Waals surface area contributed by atoms with Gasteiger partial charge in [0.1, 0.15) is 0 Å². The summed E-state index contributed by atoms with van der Waals surface area (Å²) in [5, 5.41) is 19.3. The Bertz CT molecular complexity index is 634. The lowest BCUT2D eigenvalue weighted by atomic mass is 9.77. The highest BCUT2D eigenvalue weighted by Gasteiger charge is 2.46. The maximum atomic E-state index is 10.4. The van der Waals surface area contributed by atoms with Crippen LogP contribution in [0.25, 0.3) is 0 Å². The minimum absolute atomic E-state index is 0.285. The quantitative estimate of drug-likeness (QED) is 0.428. The van der Waals surface area contributed by atoms with E-state index in [4.69, 9.17) is 9.84 Å². The average Bonchev–Trinajstić information content (AvgIpc) is 3.30. The van der Waals surface area contributed by atoms with Crippen molar-refractivity contribution in [3.8, 4) is 0 Å². The van der Waals surface area contributed by atoms with Crippen LogP contribution in [0.5, 0.6) is 0 Å². The van der Waals surface area contributed by atoms with Crippen molar-refractivity contribution in [3.05, 3.63) is 59.7 Å². The lowest BCUT2D eigenvalue weighted by molar-refractivity contribution is 0.0899. The minimum atomic E-state index is -0.393. The first-order valence-corrected chi connectivity index (χ1v) is 11.0. The first-order valence-electron chi connectivity index (χ1n) is 11.0. The first kappa shape index (κ1) is 21.3. The molecule has 1 unspecified atom stereocenters. The van der Waals surface area contributed by atoms with E-state index in [1.165, 1.54) is 17.5 Å². The van der Waals surface area contributed by atoms with Gasteiger partial charge in [0.25, 0.3) is 0 Å². The van der Waals surface area contributed by atoms with E-state index in [0.29, 0.717) is 24.0 Å². The molecule has 0 amide bonds. The third-order valence-corrected chi connectivity index (χ3v) is 6.25. The Kier molecular flexibility index (Phi) is 8.32. The van der Waals surface area contributed by atoms with Crippen molar-refractivity contribution in [1.29, 1.82) is 0 Å². The number of unbranched alkanes of at least 4 members (excludes halogenated alkanes) is 2. The van der Waals surface area contributed by atoms with Crippen LogP contribution in [-0.2, 0) is 11.2 Å². The molecule has 2 fully saturated rings. The summed E-state index contributed by atoms with van der Waals surface area (Å²) >= 11 is 0. The number of allylic oxidation sites excluding steroid dienone is 2. The normalized spacial score (nSPS) is 28.0. The van der Waals surface area contributed by atoms with Crippen molar-refractivity contribution < 1.29 is 14.9 Å². The fourth-order valence-electron chi connectivity index (χ4n) is 4.55. The molecular formula is C25H36O3. The molecule has 3 nitrogen and oxygen atoms in total. The molecule has 3 heteroatoms. The van der Waals surface area contributed by atoms with Gasteiger partial charge < -0.3 is 14.9 Å². The average molecular weight is 385 g/mol. The molecule has 0 aliphatic carbocycles. The number of aliphatic hydroxyl groups excluding tert-OH is 2. The van der Waals surface area contributed by atoms with Crippen LogP contribution in [0.1, 0.15) is 56.1 Å². The summed E-state index contributed by atoms with van der Waals surface area (Å²) in [6.07, 6.45) is 17.1. The van der Waals surface area contributed by atoms with Crippen molar-refractivity contribution in [2.75, 3.05) is 6.61 Å². The van der Waals surface area contributed by atoms with Gasteiger partial charge in [0.15, 0.2) is 0 Å². The van der Waals surface area contributed by atoms with Gasteiger partial charge in [-0.1, -0.05) is 54.1 Å². The molecule has 0 aromatic heterocycles. The summed E-state index contributed by atoms with van der Waals surface area (Å²) < 4.78 is 6.17. The summed E-state index contributed by atoms with van der Waals surface area (Å²) in [6.45, 7) is 2.38. The van der Waals surface area contributed by atoms with Crippen molar-refractivity contribution in [2.45, 2.75) is 76.6 Å². The van der Waals surface area contributed by atoms with Crippen LogP contribution in [0.2, 0.25) is 0 Å². The summed E-state index contributed by atoms with van der Waals surface area (Å²) in [7, 11) is 0. The summed E-state index contributed by atoms with van der Waals surface area (Å²) in [4.78, 5) is 0. The molecule has 3 rings (SSSR count). The fourth-order valence-corrected chi connectivity index (χ4v) is 4.55. The van der Waals surface area contributed by atoms with Gasteiger partial charge in [0.05, 0.1) is 18.3 Å². The molecule has 154 valence electrons. The second-order valence-electron chi connectivity index (χ2n) is 8.43. The van der Waals surface area contributed by atoms with E-state index in [9.17, 15) is 5.11 Å². The van der Waals surface area contributed by atoms with Crippen LogP contribution in [0.15, 0.2) is 48.6 Å². The predicted octanol–water partition coefficient (Wildman–Crippen LogP) is 4.75. The van der Waals surface area contributed by atoms with Gasteiger partial charge in [-0.2, -0.15) is 0 Å². The third-order valence-electron chi connectivity index (χ3n) is 6.25. The summed E-state index contributed by atoms with van der Waals surface area (Å²) in [6, 6.07) is 8.56. The molecule has 5 atom stereocenters. The van der Waals surface area contributed by atoms with E-state index in [1.807, 2.05) is 6.08 Å². The summed E-state index contributed by atoms with van der Waals surface area (Å²) in [5.74, 6) is 0.961. The lowest BCUT2D eigenvalue weighted by Crippen LogP contribution is -2.25. The number of aryl methyl sites for hydroxylation is 2. The minimum Gasteiger partial charge on any atom is -0.396 e. The molecule has 0 saturated carbocycles. The SMILES string of the molecule is Cc1ccc(CC[C@@H](O)/C=C/C2[C@@H](C/C=C\CCCCO)[C@H]3CC[C@H]2O3)cc1. The van der Waals surface area contributed by atoms with Gasteiger partial charge in [-0.25, -0.2) is 0 Å². The third kappa shape index (κ3) is 6.04. The number of ether oxygens (including phenoxy) is 1. The number of rotatable bonds is 11. The molecule has 2 saturated heterocycles. The molecule has 0 radical (unpaired) electrons. The van der Waals surface area contributed by atoms with E-state index < -0.39 is 6.10 Å². The molecule has 0 spiro atoms. The standard InChI is InChI=1S/C25H36O3/c1-19-8-10-20(11-9-19)12-13-21(27)14-15-23-22(24-16-17-25(23)28-24)7-5-3-2-4-6-18-26/h3,5,8-11,14-15,21-27H,2,4,6-7,12-13,16-18H2,1H3/b5-3-,15-14+/t21-,22-,23?,24-,25-/m1/s1. The van der Waals surface area contributed by atoms with Crippen molar-refractivity contribution in [2.24, 2.45) is 11.8 Å². The summed E-state index contributed by atoms with van der Waals surface area (Å²) in [5.41, 5.74) is 2.56. The Morgan fingerprint density at radius 3 is 2.68 bits per heavy atom. The van der Waals surface area contributed by atoms with Crippen molar-refractivity contribution in [3.63, 3.8) is 0 Å². The Balaban J connectivity index is 1.47. The number of aliphatic hydroxyl groups is 2. The molecule has 1 aromatic rings. The van der Waals surface area contributed by atoms with Gasteiger partial charge in [0, 0.05) is 12.5 Å². The zero-order chi connectivity index (χ0) is 19.8. The van der Waals surface area contributed by atoms with E-state index in [0.717, 1.165) is 44.9 Å². The van der Waals surface area contributed by atoms with Crippen LogP contribution in [-0.4, -0.2) is 35.1 Å². The molecule has 2 heterocycles. The second kappa shape index (κ2) is 10.9. The van der Waals surface area contributed by atoms with E-state index in [1.54, 1.807) is 0 Å². The van der Waals surface area contributed by atoms with Gasteiger partial charge in [-0.3, -0.25) is 0 Å². The van der Waals surface area contributed by atoms with Crippen LogP contribution in [0.4, 0.5) is 0 Å². The molecule has 2 bridgehead atoms. The smallest absolute Gasteiger partial charge is 0.0724 e. The molecular weight excluding hydrogens is 348 g/mol. The van der Waals surface area contributed by atoms with Crippen molar-refractivity contribution in [1.82, 2.24) is 0 Å². The first-order chi connectivity index (χ1) is 13.7. The van der Waals surface area contributed by atoms with Crippen molar-refractivity contribution >= 4 is 0 Å². The van der Waals surface area contributed by atoms with Crippen LogP contribution < -0.4 is 0 Å². The molecule has 2 aliphatic rings. The molecule has 28 heavy (non-hydrogen) atoms. The maximum Gasteiger partial charge on any atom is 0.0724 e. The van der Waals surface area contributed by atoms with Gasteiger partial charge in [-0.05, 0) is 69.8 Å². The van der Waals surface area contributed by atoms with Crippen LogP contribution in [0.3, 0.4) is 0 Å². The monoisotopic (exact) mass is 384 g/mol. The topological polar surface area (TPSA) is 49.7 Å². The van der Waals surface area contributed by atoms with Gasteiger partial charge in [-0.15, -0.1) is 0 Å². The van der Waals surface area contributed by atoms with E-state index >= 15 is 0 Å². The lowest BCUT2D eigenvalue weighted by Gasteiger charge is -2.25. The van der Waals surface area contributed by atoms with Gasteiger partial charge in [0.2, 0.25) is 0 Å². The molecule has 1 aromatic carbocycles. The Hall–Kier alpha value is -1.42. The largest absolute Gasteiger partial charge is 0.396 e. The maximum absolute atomic E-state index is 10.4. The number of benzene rings is 1. The van der Waals surface area contributed by atoms with E-state index in [2.05, 4.69) is 49.4 Å². The highest BCUT2D eigenvalue weighted by Crippen LogP contribution is 2.45. The second-order valence-corrected chi connectivity index (χ2v) is 8.43. The predicted molar refractivity (Wildman–Crippen MR) is 114 cm³/mol. The van der Waals surface area contributed by atoms with Crippen LogP contribution in [0, 0.1) is 18.8 Å². The van der Waals surface area contributed by atoms with Gasteiger partial charge >= 0.3 is 0 Å². The fraction of sp³-hybridized carbons (Fsp3) is 0.600. The molecule has 2 N–H and O–H groups in total. The highest BCUT2D eigenvalue weighted by atomic mass is 16.5. The molecule has 2 aliphatic heterocycles. The van der Waals surface area contributed by atoms with Crippen LogP contribution >= 0.6 is 0 Å². The zero-order valence-electron chi connectivity index (χ0n) is 17.2. The Morgan fingerprint density at radius 2 is 1.89 bits per heavy atom. The number of hydrogen-bond donors (Lipinski definition) is 2. The number of hydrogen-bond acceptors (Lipinski definition) is 3. The Labute approximate surface area is 170 Å². The number of fused-ring (bicyclic) bond motifs is 2.